The first-order valence-corrected chi connectivity index (χ1v) is 12.9. The summed E-state index contributed by atoms with van der Waals surface area (Å²) in [6.07, 6.45) is 9.12. The van der Waals surface area contributed by atoms with Crippen molar-refractivity contribution >= 4 is 11.9 Å². The van der Waals surface area contributed by atoms with E-state index in [1.165, 1.54) is 12.8 Å². The largest absolute Gasteiger partial charge is 0.480 e. The van der Waals surface area contributed by atoms with Crippen molar-refractivity contribution in [3.8, 4) is 0 Å². The van der Waals surface area contributed by atoms with Gasteiger partial charge < -0.3 is 20.6 Å². The van der Waals surface area contributed by atoms with E-state index in [4.69, 9.17) is 5.11 Å². The number of aliphatic hydroxyl groups is 2. The molecule has 4 saturated carbocycles. The van der Waals surface area contributed by atoms with Crippen LogP contribution in [-0.4, -0.2) is 45.9 Å². The average molecular weight is 450 g/mol. The Labute approximate surface area is 192 Å². The van der Waals surface area contributed by atoms with Crippen molar-refractivity contribution in [3.05, 3.63) is 0 Å². The minimum absolute atomic E-state index is 0.102. The van der Waals surface area contributed by atoms with Crippen LogP contribution in [0.3, 0.4) is 0 Å². The third-order valence-corrected chi connectivity index (χ3v) is 10.8. The van der Waals surface area contributed by atoms with Crippen molar-refractivity contribution < 1.29 is 24.9 Å². The smallest absolute Gasteiger partial charge is 0.322 e. The summed E-state index contributed by atoms with van der Waals surface area (Å²) in [6.45, 7) is 6.65. The number of carboxylic acid groups (broad SMARTS) is 1. The molecule has 10 atom stereocenters. The molecule has 0 aliphatic heterocycles. The zero-order valence-electron chi connectivity index (χ0n) is 20.1. The number of rotatable bonds is 6. The second-order valence-electron chi connectivity index (χ2n) is 12.1. The average Bonchev–Trinajstić information content (AvgIpc) is 3.10. The lowest BCUT2D eigenvalue weighted by Gasteiger charge is -2.62. The van der Waals surface area contributed by atoms with Crippen molar-refractivity contribution in [1.82, 2.24) is 5.32 Å². The monoisotopic (exact) mass is 449 g/mol. The first-order valence-electron chi connectivity index (χ1n) is 12.9. The van der Waals surface area contributed by atoms with Crippen LogP contribution < -0.4 is 5.32 Å². The highest BCUT2D eigenvalue weighted by molar-refractivity contribution is 5.81. The molecule has 4 aliphatic carbocycles. The van der Waals surface area contributed by atoms with Gasteiger partial charge in [-0.2, -0.15) is 0 Å². The Morgan fingerprint density at radius 2 is 1.78 bits per heavy atom. The van der Waals surface area contributed by atoms with Gasteiger partial charge in [-0.05, 0) is 104 Å². The minimum Gasteiger partial charge on any atom is -0.480 e. The summed E-state index contributed by atoms with van der Waals surface area (Å²) in [4.78, 5) is 22.7. The molecular formula is C26H43NO5. The molecule has 0 saturated heterocycles. The van der Waals surface area contributed by atoms with E-state index in [9.17, 15) is 19.8 Å². The van der Waals surface area contributed by atoms with Crippen molar-refractivity contribution in [2.75, 3.05) is 6.54 Å². The summed E-state index contributed by atoms with van der Waals surface area (Å²) < 4.78 is 0. The summed E-state index contributed by atoms with van der Waals surface area (Å²) in [6, 6.07) is 0. The zero-order valence-corrected chi connectivity index (χ0v) is 20.1. The van der Waals surface area contributed by atoms with Gasteiger partial charge in [0, 0.05) is 6.42 Å². The fraction of sp³-hybridized carbons (Fsp3) is 0.923. The predicted molar refractivity (Wildman–Crippen MR) is 122 cm³/mol. The second kappa shape index (κ2) is 8.90. The molecule has 32 heavy (non-hydrogen) atoms. The van der Waals surface area contributed by atoms with E-state index in [2.05, 4.69) is 26.1 Å². The standard InChI is InChI=1S/C26H43NO5/c1-15(4-9-23(30)27-14-24(31)32)19-7-8-20-18-6-5-16-12-17(28)10-11-25(16,2)21(18)13-22(29)26(19,20)3/h15-22,28-29H,4-14H2,1-3H3,(H,27,30)(H,31,32)/t15-,16-,17+,18-,19+,20-,21-,22-,25-,26+/m0/s1. The van der Waals surface area contributed by atoms with Crippen LogP contribution in [0.25, 0.3) is 0 Å². The number of aliphatic hydroxyl groups excluding tert-OH is 2. The highest BCUT2D eigenvalue weighted by Crippen LogP contribution is 2.68. The van der Waals surface area contributed by atoms with Gasteiger partial charge in [0.15, 0.2) is 0 Å². The fourth-order valence-corrected chi connectivity index (χ4v) is 8.98. The molecule has 182 valence electrons. The first kappa shape index (κ1) is 24.0. The Morgan fingerprint density at radius 3 is 2.50 bits per heavy atom. The number of hydrogen-bond acceptors (Lipinski definition) is 4. The van der Waals surface area contributed by atoms with Crippen LogP contribution in [0, 0.1) is 46.3 Å². The van der Waals surface area contributed by atoms with Gasteiger partial charge in [0.25, 0.3) is 0 Å². The molecule has 4 fully saturated rings. The topological polar surface area (TPSA) is 107 Å². The summed E-state index contributed by atoms with van der Waals surface area (Å²) in [5.41, 5.74) is 0.145. The van der Waals surface area contributed by atoms with E-state index >= 15 is 0 Å². The molecule has 0 radical (unpaired) electrons. The normalized spacial score (nSPS) is 46.5. The number of fused-ring (bicyclic) bond motifs is 5. The zero-order chi connectivity index (χ0) is 23.3. The number of nitrogens with one attached hydrogen (secondary N) is 1. The van der Waals surface area contributed by atoms with E-state index < -0.39 is 5.97 Å². The molecular weight excluding hydrogens is 406 g/mol. The van der Waals surface area contributed by atoms with E-state index in [1.807, 2.05) is 0 Å². The molecule has 4 aliphatic rings. The van der Waals surface area contributed by atoms with Crippen LogP contribution in [0.2, 0.25) is 0 Å². The Kier molecular flexibility index (Phi) is 6.68. The number of carbonyl (C=O) groups excluding carboxylic acids is 1. The maximum absolute atomic E-state index is 12.0. The highest BCUT2D eigenvalue weighted by Gasteiger charge is 2.63. The maximum atomic E-state index is 12.0. The Morgan fingerprint density at radius 1 is 1.03 bits per heavy atom. The van der Waals surface area contributed by atoms with Gasteiger partial charge in [-0.1, -0.05) is 20.8 Å². The van der Waals surface area contributed by atoms with Crippen molar-refractivity contribution in [2.45, 2.75) is 97.2 Å². The summed E-state index contributed by atoms with van der Waals surface area (Å²) >= 11 is 0. The van der Waals surface area contributed by atoms with Gasteiger partial charge in [-0.3, -0.25) is 9.59 Å². The van der Waals surface area contributed by atoms with Crippen LogP contribution in [0.4, 0.5) is 0 Å². The molecule has 0 aromatic heterocycles. The number of hydrogen-bond donors (Lipinski definition) is 4. The first-order chi connectivity index (χ1) is 15.1. The minimum atomic E-state index is -1.02. The third kappa shape index (κ3) is 4.00. The number of amides is 1. The lowest BCUT2D eigenvalue weighted by atomic mass is 9.43. The van der Waals surface area contributed by atoms with Crippen LogP contribution >= 0.6 is 0 Å². The molecule has 0 spiro atoms. The maximum Gasteiger partial charge on any atom is 0.322 e. The van der Waals surface area contributed by atoms with Crippen molar-refractivity contribution in [3.63, 3.8) is 0 Å². The van der Waals surface area contributed by atoms with Gasteiger partial charge in [0.05, 0.1) is 12.2 Å². The predicted octanol–water partition coefficient (Wildman–Crippen LogP) is 3.59. The van der Waals surface area contributed by atoms with Gasteiger partial charge in [0.1, 0.15) is 6.54 Å². The van der Waals surface area contributed by atoms with E-state index in [0.717, 1.165) is 44.9 Å². The Balaban J connectivity index is 1.45. The van der Waals surface area contributed by atoms with Gasteiger partial charge in [-0.15, -0.1) is 0 Å². The van der Waals surface area contributed by atoms with E-state index in [-0.39, 0.29) is 35.5 Å². The lowest BCUT2D eigenvalue weighted by Crippen LogP contribution is -2.58. The Hall–Kier alpha value is -1.14. The molecule has 0 bridgehead atoms. The molecule has 0 unspecified atom stereocenters. The summed E-state index contributed by atoms with van der Waals surface area (Å²) in [5.74, 6) is 1.84. The number of carboxylic acids is 1. The van der Waals surface area contributed by atoms with Gasteiger partial charge in [0.2, 0.25) is 5.91 Å². The summed E-state index contributed by atoms with van der Waals surface area (Å²) in [7, 11) is 0. The molecule has 6 nitrogen and oxygen atoms in total. The second-order valence-corrected chi connectivity index (χ2v) is 12.1. The molecule has 0 aromatic carbocycles. The van der Waals surface area contributed by atoms with Crippen LogP contribution in [-0.2, 0) is 9.59 Å². The SMILES string of the molecule is C[C@@H](CCC(=O)NCC(=O)O)[C@H]1CC[C@H]2[C@@H]3CC[C@H]4C[C@H](O)CC[C@]4(C)[C@H]3C[C@H](O)[C@]12C. The molecule has 4 rings (SSSR count). The van der Waals surface area contributed by atoms with Crippen molar-refractivity contribution in [2.24, 2.45) is 46.3 Å². The van der Waals surface area contributed by atoms with Gasteiger partial charge in [-0.25, -0.2) is 0 Å². The molecule has 1 amide bonds. The van der Waals surface area contributed by atoms with Crippen molar-refractivity contribution in [1.29, 1.82) is 0 Å². The Bertz CT molecular complexity index is 727. The lowest BCUT2D eigenvalue weighted by molar-refractivity contribution is -0.175. The van der Waals surface area contributed by atoms with Crippen LogP contribution in [0.5, 0.6) is 0 Å². The fourth-order valence-electron chi connectivity index (χ4n) is 8.98. The van der Waals surface area contributed by atoms with Crippen LogP contribution in [0.15, 0.2) is 0 Å². The summed E-state index contributed by atoms with van der Waals surface area (Å²) in [5, 5.41) is 33.0. The van der Waals surface area contributed by atoms with Gasteiger partial charge >= 0.3 is 5.97 Å². The third-order valence-electron chi connectivity index (χ3n) is 10.8. The molecule has 6 heteroatoms. The molecule has 0 aromatic rings. The highest BCUT2D eigenvalue weighted by atomic mass is 16.4. The van der Waals surface area contributed by atoms with E-state index in [1.54, 1.807) is 0 Å². The molecule has 4 N–H and O–H groups in total. The quantitative estimate of drug-likeness (QED) is 0.496. The number of aliphatic carboxylic acids is 1. The van der Waals surface area contributed by atoms with E-state index in [0.29, 0.717) is 41.9 Å². The molecule has 0 heterocycles. The van der Waals surface area contributed by atoms with Crippen LogP contribution in [0.1, 0.15) is 85.0 Å². The number of carbonyl (C=O) groups is 2.